The van der Waals surface area contributed by atoms with Crippen LogP contribution < -0.4 is 14.2 Å². The highest BCUT2D eigenvalue weighted by molar-refractivity contribution is 6.07. The van der Waals surface area contributed by atoms with Gasteiger partial charge in [-0.15, -0.1) is 0 Å². The van der Waals surface area contributed by atoms with Crippen LogP contribution in [0.4, 0.5) is 0 Å². The van der Waals surface area contributed by atoms with Crippen molar-refractivity contribution in [3.05, 3.63) is 59.7 Å². The summed E-state index contributed by atoms with van der Waals surface area (Å²) in [4.78, 5) is 24.3. The van der Waals surface area contributed by atoms with Crippen LogP contribution in [0, 0.1) is 5.41 Å². The average molecular weight is 368 g/mol. The van der Waals surface area contributed by atoms with Crippen molar-refractivity contribution in [2.24, 2.45) is 5.41 Å². The van der Waals surface area contributed by atoms with Crippen molar-refractivity contribution < 1.29 is 23.8 Å². The summed E-state index contributed by atoms with van der Waals surface area (Å²) < 4.78 is 15.8. The summed E-state index contributed by atoms with van der Waals surface area (Å²) in [6, 6.07) is 11.8. The first-order valence-corrected chi connectivity index (χ1v) is 8.51. The third-order valence-corrected chi connectivity index (χ3v) is 3.82. The third kappa shape index (κ3) is 5.45. The molecule has 0 saturated heterocycles. The number of allylic oxidation sites excluding steroid dienone is 1. The van der Waals surface area contributed by atoms with Gasteiger partial charge in [0, 0.05) is 17.2 Å². The number of hydrogen-bond donors (Lipinski definition) is 0. The predicted molar refractivity (Wildman–Crippen MR) is 104 cm³/mol. The highest BCUT2D eigenvalue weighted by atomic mass is 16.5. The first kappa shape index (κ1) is 20.2. The van der Waals surface area contributed by atoms with Gasteiger partial charge in [-0.3, -0.25) is 9.59 Å². The van der Waals surface area contributed by atoms with Crippen LogP contribution in [0.1, 0.15) is 36.7 Å². The Hall–Kier alpha value is -3.08. The van der Waals surface area contributed by atoms with Gasteiger partial charge in [0.05, 0.1) is 19.6 Å². The van der Waals surface area contributed by atoms with Crippen LogP contribution in [-0.2, 0) is 4.79 Å². The fourth-order valence-electron chi connectivity index (χ4n) is 2.17. The summed E-state index contributed by atoms with van der Waals surface area (Å²) >= 11 is 0. The van der Waals surface area contributed by atoms with Gasteiger partial charge in [0.2, 0.25) is 0 Å². The molecule has 0 heterocycles. The Morgan fingerprint density at radius 1 is 0.889 bits per heavy atom. The van der Waals surface area contributed by atoms with E-state index in [-0.39, 0.29) is 11.8 Å². The van der Waals surface area contributed by atoms with E-state index in [1.165, 1.54) is 6.08 Å². The Labute approximate surface area is 159 Å². The molecule has 0 fully saturated rings. The fourth-order valence-corrected chi connectivity index (χ4v) is 2.17. The van der Waals surface area contributed by atoms with Gasteiger partial charge in [-0.2, -0.15) is 0 Å². The molecule has 0 unspecified atom stereocenters. The molecule has 0 aliphatic heterocycles. The quantitative estimate of drug-likeness (QED) is 0.324. The van der Waals surface area contributed by atoms with Crippen LogP contribution in [0.15, 0.2) is 48.5 Å². The molecular formula is C22H24O5. The zero-order valence-electron chi connectivity index (χ0n) is 16.2. The lowest BCUT2D eigenvalue weighted by atomic mass is 9.97. The second kappa shape index (κ2) is 8.54. The summed E-state index contributed by atoms with van der Waals surface area (Å²) in [5, 5.41) is 0. The highest BCUT2D eigenvalue weighted by Gasteiger charge is 2.23. The Balaban J connectivity index is 2.10. The molecule has 0 amide bonds. The van der Waals surface area contributed by atoms with Gasteiger partial charge in [0.15, 0.2) is 5.78 Å². The van der Waals surface area contributed by atoms with E-state index in [2.05, 4.69) is 0 Å². The minimum absolute atomic E-state index is 0.165. The van der Waals surface area contributed by atoms with Crippen molar-refractivity contribution in [2.75, 3.05) is 14.2 Å². The predicted octanol–water partition coefficient (Wildman–Crippen LogP) is 4.55. The largest absolute Gasteiger partial charge is 0.497 e. The van der Waals surface area contributed by atoms with E-state index in [4.69, 9.17) is 14.2 Å². The molecule has 142 valence electrons. The van der Waals surface area contributed by atoms with Crippen molar-refractivity contribution in [2.45, 2.75) is 20.8 Å². The van der Waals surface area contributed by atoms with E-state index < -0.39 is 5.41 Å². The Bertz CT molecular complexity index is 842. The SMILES string of the molecule is COc1ccc(/C=C/C(=O)c2ccc(OC(=O)C(C)(C)C)cc2)c(OC)c1. The molecule has 2 aromatic rings. The number of methoxy groups -OCH3 is 2. The molecule has 5 heteroatoms. The second-order valence-corrected chi connectivity index (χ2v) is 6.97. The molecule has 2 aromatic carbocycles. The average Bonchev–Trinajstić information content (AvgIpc) is 2.65. The summed E-state index contributed by atoms with van der Waals surface area (Å²) in [6.45, 7) is 5.35. The second-order valence-electron chi connectivity index (χ2n) is 6.97. The lowest BCUT2D eigenvalue weighted by Crippen LogP contribution is -2.25. The summed E-state index contributed by atoms with van der Waals surface area (Å²) in [7, 11) is 3.14. The molecule has 0 aromatic heterocycles. The van der Waals surface area contributed by atoms with E-state index in [9.17, 15) is 9.59 Å². The molecule has 0 spiro atoms. The lowest BCUT2D eigenvalue weighted by Gasteiger charge is -2.16. The summed E-state index contributed by atoms with van der Waals surface area (Å²) in [6.07, 6.45) is 3.16. The van der Waals surface area contributed by atoms with Crippen molar-refractivity contribution in [1.82, 2.24) is 0 Å². The van der Waals surface area contributed by atoms with E-state index in [0.717, 1.165) is 5.56 Å². The summed E-state index contributed by atoms with van der Waals surface area (Å²) in [5.41, 5.74) is 0.672. The lowest BCUT2D eigenvalue weighted by molar-refractivity contribution is -0.142. The van der Waals surface area contributed by atoms with Crippen LogP contribution in [-0.4, -0.2) is 26.0 Å². The zero-order valence-corrected chi connectivity index (χ0v) is 16.2. The van der Waals surface area contributed by atoms with Crippen LogP contribution in [0.2, 0.25) is 0 Å². The first-order valence-electron chi connectivity index (χ1n) is 8.51. The standard InChI is InChI=1S/C22H24O5/c1-22(2,3)21(24)27-17-10-6-15(7-11-17)19(23)13-9-16-8-12-18(25-4)14-20(16)26-5/h6-14H,1-5H3/b13-9+. The molecule has 0 N–H and O–H groups in total. The third-order valence-electron chi connectivity index (χ3n) is 3.82. The number of esters is 1. The van der Waals surface area contributed by atoms with Gasteiger partial charge < -0.3 is 14.2 Å². The number of benzene rings is 2. The number of rotatable bonds is 6. The van der Waals surface area contributed by atoms with E-state index >= 15 is 0 Å². The molecule has 0 aliphatic carbocycles. The zero-order chi connectivity index (χ0) is 20.0. The molecule has 0 aliphatic rings. The Morgan fingerprint density at radius 2 is 1.52 bits per heavy atom. The first-order chi connectivity index (χ1) is 12.7. The Morgan fingerprint density at radius 3 is 2.07 bits per heavy atom. The van der Waals surface area contributed by atoms with Gasteiger partial charge >= 0.3 is 5.97 Å². The maximum atomic E-state index is 12.4. The molecule has 0 atom stereocenters. The van der Waals surface area contributed by atoms with Gasteiger partial charge in [-0.1, -0.05) is 0 Å². The monoisotopic (exact) mass is 368 g/mol. The minimum Gasteiger partial charge on any atom is -0.497 e. The molecule has 0 radical (unpaired) electrons. The maximum Gasteiger partial charge on any atom is 0.316 e. The van der Waals surface area contributed by atoms with Crippen LogP contribution in [0.5, 0.6) is 17.2 Å². The maximum absolute atomic E-state index is 12.4. The van der Waals surface area contributed by atoms with Crippen LogP contribution in [0.25, 0.3) is 6.08 Å². The number of carbonyl (C=O) groups excluding carboxylic acids is 2. The van der Waals surface area contributed by atoms with Gasteiger partial charge in [-0.05, 0) is 69.3 Å². The number of hydrogen-bond acceptors (Lipinski definition) is 5. The molecule has 0 bridgehead atoms. The molecule has 27 heavy (non-hydrogen) atoms. The van der Waals surface area contributed by atoms with Crippen LogP contribution >= 0.6 is 0 Å². The molecular weight excluding hydrogens is 344 g/mol. The molecule has 0 saturated carbocycles. The highest BCUT2D eigenvalue weighted by Crippen LogP contribution is 2.26. The summed E-state index contributed by atoms with van der Waals surface area (Å²) in [5.74, 6) is 1.21. The normalized spacial score (nSPS) is 11.3. The van der Waals surface area contributed by atoms with Crippen molar-refractivity contribution >= 4 is 17.8 Å². The van der Waals surface area contributed by atoms with Gasteiger partial charge in [-0.25, -0.2) is 0 Å². The molecule has 2 rings (SSSR count). The topological polar surface area (TPSA) is 61.8 Å². The fraction of sp³-hybridized carbons (Fsp3) is 0.273. The number of ketones is 1. The van der Waals surface area contributed by atoms with Crippen molar-refractivity contribution in [1.29, 1.82) is 0 Å². The van der Waals surface area contributed by atoms with Gasteiger partial charge in [0.25, 0.3) is 0 Å². The number of ether oxygens (including phenoxy) is 3. The van der Waals surface area contributed by atoms with E-state index in [0.29, 0.717) is 22.8 Å². The number of carbonyl (C=O) groups is 2. The van der Waals surface area contributed by atoms with Crippen LogP contribution in [0.3, 0.4) is 0 Å². The Kier molecular flexibility index (Phi) is 6.40. The minimum atomic E-state index is -0.589. The smallest absolute Gasteiger partial charge is 0.316 e. The van der Waals surface area contributed by atoms with Crippen molar-refractivity contribution in [3.8, 4) is 17.2 Å². The van der Waals surface area contributed by atoms with Crippen molar-refractivity contribution in [3.63, 3.8) is 0 Å². The molecule has 5 nitrogen and oxygen atoms in total. The van der Waals surface area contributed by atoms with E-state index in [1.54, 1.807) is 77.5 Å². The van der Waals surface area contributed by atoms with Gasteiger partial charge in [0.1, 0.15) is 17.2 Å². The van der Waals surface area contributed by atoms with E-state index in [1.807, 2.05) is 6.07 Å².